The van der Waals surface area contributed by atoms with Gasteiger partial charge in [0.2, 0.25) is 0 Å². The van der Waals surface area contributed by atoms with Crippen LogP contribution in [0.4, 0.5) is 0 Å². The van der Waals surface area contributed by atoms with Crippen LogP contribution in [-0.4, -0.2) is 190 Å². The molecule has 0 aromatic heterocycles. The predicted molar refractivity (Wildman–Crippen MR) is 394 cm³/mol. The van der Waals surface area contributed by atoms with Crippen LogP contribution in [0.3, 0.4) is 0 Å². The Kier molecular flexibility index (Phi) is 85.6. The molecule has 0 saturated carbocycles. The van der Waals surface area contributed by atoms with Crippen LogP contribution in [0.5, 0.6) is 0 Å². The van der Waals surface area contributed by atoms with Crippen LogP contribution in [0.2, 0.25) is 0 Å². The summed E-state index contributed by atoms with van der Waals surface area (Å²) < 4.78 is 68.2. The lowest BCUT2D eigenvalue weighted by molar-refractivity contribution is -0.0273. The molecule has 0 aromatic rings. The number of methoxy groups -OCH3 is 4. The van der Waals surface area contributed by atoms with E-state index < -0.39 is 0 Å². The number of rotatable bonds is 37. The Labute approximate surface area is 566 Å². The fourth-order valence-electron chi connectivity index (χ4n) is 6.04. The lowest BCUT2D eigenvalue weighted by atomic mass is 10.2. The highest BCUT2D eigenvalue weighted by Gasteiger charge is 2.13. The van der Waals surface area contributed by atoms with E-state index >= 15 is 0 Å². The Morgan fingerprint density at radius 3 is 0.600 bits per heavy atom. The van der Waals surface area contributed by atoms with Gasteiger partial charge in [-0.25, -0.2) is 0 Å². The van der Waals surface area contributed by atoms with Gasteiger partial charge in [0.05, 0.1) is 104 Å². The highest BCUT2D eigenvalue weighted by molar-refractivity contribution is 4.63. The molecule has 0 radical (unpaired) electrons. The molecule has 0 aromatic carbocycles. The SMILES string of the molecule is CCCCCN(C)CCCOC(C)(C)C.CCCCCOC(C)(C)C.CCCCCOC(C)(C)C.CCCCCOC(C)(C)C.CCCCCOC(C)C.COCCOC(C)(C)C.COCCOC(C)(C)C.COCCOC(C)(C)C.COCCOC(C)(C)C. The van der Waals surface area contributed by atoms with Gasteiger partial charge in [-0.05, 0) is 232 Å². The van der Waals surface area contributed by atoms with Crippen molar-refractivity contribution in [2.24, 2.45) is 0 Å². The number of hydrogen-bond donors (Lipinski definition) is 0. The van der Waals surface area contributed by atoms with E-state index in [0.29, 0.717) is 59.0 Å². The minimum atomic E-state index is -0.0292. The van der Waals surface area contributed by atoms with Crippen LogP contribution >= 0.6 is 0 Å². The fraction of sp³-hybridized carbons (Fsp3) is 1.00. The van der Waals surface area contributed by atoms with E-state index in [0.717, 1.165) is 46.0 Å². The molecule has 0 unspecified atom stereocenters. The summed E-state index contributed by atoms with van der Waals surface area (Å²) in [5.41, 5.74) is 0.0458. The van der Waals surface area contributed by atoms with Crippen molar-refractivity contribution in [2.75, 3.05) is 134 Å². The molecular weight excluding hydrogens is 1130 g/mol. The third-order valence-corrected chi connectivity index (χ3v) is 10.7. The van der Waals surface area contributed by atoms with E-state index in [-0.39, 0.29) is 44.8 Å². The van der Waals surface area contributed by atoms with Crippen LogP contribution in [0, 0.1) is 0 Å². The topological polar surface area (TPSA) is 123 Å². The molecule has 0 rings (SSSR count). The molecule has 0 aliphatic carbocycles. The van der Waals surface area contributed by atoms with Crippen molar-refractivity contribution in [1.82, 2.24) is 4.90 Å². The lowest BCUT2D eigenvalue weighted by Gasteiger charge is -2.21. The van der Waals surface area contributed by atoms with Crippen LogP contribution < -0.4 is 0 Å². The van der Waals surface area contributed by atoms with Gasteiger partial charge in [0.1, 0.15) is 0 Å². The summed E-state index contributed by atoms with van der Waals surface area (Å²) in [5, 5.41) is 0. The number of nitrogens with zero attached hydrogens (tertiary/aromatic N) is 1. The van der Waals surface area contributed by atoms with E-state index in [9.17, 15) is 0 Å². The summed E-state index contributed by atoms with van der Waals surface area (Å²) in [5.74, 6) is 0. The zero-order valence-corrected chi connectivity index (χ0v) is 68.3. The van der Waals surface area contributed by atoms with Gasteiger partial charge in [-0.3, -0.25) is 0 Å². The van der Waals surface area contributed by atoms with E-state index in [1.165, 1.54) is 103 Å². The van der Waals surface area contributed by atoms with Crippen molar-refractivity contribution in [3.05, 3.63) is 0 Å². The van der Waals surface area contributed by atoms with Gasteiger partial charge in [-0.15, -0.1) is 0 Å². The Bertz CT molecular complexity index is 1150. The second-order valence-electron chi connectivity index (χ2n) is 30.8. The maximum absolute atomic E-state index is 5.68. The summed E-state index contributed by atoms with van der Waals surface area (Å²) in [7, 11) is 8.89. The highest BCUT2D eigenvalue weighted by Crippen LogP contribution is 2.12. The summed E-state index contributed by atoms with van der Waals surface area (Å²) in [6.07, 6.45) is 20.6. The van der Waals surface area contributed by atoms with Crippen molar-refractivity contribution in [3.8, 4) is 0 Å². The first kappa shape index (κ1) is 108. The maximum Gasteiger partial charge on any atom is 0.0707 e. The molecule has 90 heavy (non-hydrogen) atoms. The van der Waals surface area contributed by atoms with Crippen molar-refractivity contribution in [1.29, 1.82) is 0 Å². The lowest BCUT2D eigenvalue weighted by Crippen LogP contribution is -2.25. The van der Waals surface area contributed by atoms with Crippen LogP contribution in [-0.2, 0) is 61.6 Å². The Morgan fingerprint density at radius 2 is 0.411 bits per heavy atom. The van der Waals surface area contributed by atoms with Crippen molar-refractivity contribution < 1.29 is 61.6 Å². The first-order chi connectivity index (χ1) is 41.1. The van der Waals surface area contributed by atoms with Crippen LogP contribution in [0.1, 0.15) is 317 Å². The monoisotopic (exact) mass is 1310 g/mol. The molecule has 558 valence electrons. The van der Waals surface area contributed by atoms with Crippen molar-refractivity contribution in [2.45, 2.75) is 368 Å². The molecule has 14 nitrogen and oxygen atoms in total. The molecule has 0 bridgehead atoms. The van der Waals surface area contributed by atoms with Gasteiger partial charge >= 0.3 is 0 Å². The summed E-state index contributed by atoms with van der Waals surface area (Å²) in [6.45, 7) is 77.1. The van der Waals surface area contributed by atoms with E-state index in [1.807, 2.05) is 83.1 Å². The normalized spacial score (nSPS) is 11.9. The minimum absolute atomic E-state index is 0.0147. The molecule has 0 amide bonds. The molecule has 0 fully saturated rings. The number of unbranched alkanes of at least 4 members (excludes halogenated alkanes) is 10. The fourth-order valence-corrected chi connectivity index (χ4v) is 6.04. The first-order valence-corrected chi connectivity index (χ1v) is 35.5. The summed E-state index contributed by atoms with van der Waals surface area (Å²) >= 11 is 0. The van der Waals surface area contributed by atoms with Gasteiger partial charge in [-0.2, -0.15) is 0 Å². The third kappa shape index (κ3) is 162. The number of hydrogen-bond acceptors (Lipinski definition) is 14. The van der Waals surface area contributed by atoms with Crippen LogP contribution in [0.25, 0.3) is 0 Å². The molecule has 0 aliphatic rings. The maximum atomic E-state index is 5.68. The zero-order chi connectivity index (χ0) is 72.3. The Hall–Kier alpha value is -0.560. The smallest absolute Gasteiger partial charge is 0.0707 e. The molecular formula is C76H171NO13. The molecule has 0 atom stereocenters. The van der Waals surface area contributed by atoms with E-state index in [4.69, 9.17) is 61.6 Å². The van der Waals surface area contributed by atoms with Gasteiger partial charge in [0.25, 0.3) is 0 Å². The number of ether oxygens (including phenoxy) is 13. The molecule has 14 heteroatoms. The second kappa shape index (κ2) is 71.2. The van der Waals surface area contributed by atoms with Gasteiger partial charge < -0.3 is 66.5 Å². The average Bonchev–Trinajstić information content (AvgIpc) is 3.48. The molecule has 0 saturated heterocycles. The van der Waals surface area contributed by atoms with Crippen molar-refractivity contribution >= 4 is 0 Å². The van der Waals surface area contributed by atoms with Crippen LogP contribution in [0.15, 0.2) is 0 Å². The Morgan fingerprint density at radius 1 is 0.233 bits per heavy atom. The highest BCUT2D eigenvalue weighted by atomic mass is 16.5. The summed E-state index contributed by atoms with van der Waals surface area (Å²) in [4.78, 5) is 2.40. The standard InChI is InChI=1S/C13H29NO.3C9H20O.C8H18O.4C7H16O2/c1-6-7-8-10-14(5)11-9-12-15-13(2,3)4;3*1-5-6-7-8-10-9(2,3)4;1-4-5-6-7-9-8(2)3;4*1-7(2,3)9-6-5-8-4/h6-12H2,1-5H3;3*5-8H2,1-4H3;8H,4-7H2,1-3H3;4*5-6H2,1-4H3. The molecule has 0 heterocycles. The van der Waals surface area contributed by atoms with Gasteiger partial charge in [-0.1, -0.05) is 98.8 Å². The molecule has 0 N–H and O–H groups in total. The van der Waals surface area contributed by atoms with Gasteiger partial charge in [0.15, 0.2) is 0 Å². The van der Waals surface area contributed by atoms with E-state index in [1.54, 1.807) is 28.4 Å². The van der Waals surface area contributed by atoms with Gasteiger partial charge in [0, 0.05) is 68.0 Å². The first-order valence-electron chi connectivity index (χ1n) is 35.5. The minimum Gasteiger partial charge on any atom is -0.382 e. The quantitative estimate of drug-likeness (QED) is 0.0548. The Balaban J connectivity index is -0.000000118. The molecule has 0 spiro atoms. The van der Waals surface area contributed by atoms with Crippen molar-refractivity contribution in [3.63, 3.8) is 0 Å². The zero-order valence-electron chi connectivity index (χ0n) is 68.3. The third-order valence-electron chi connectivity index (χ3n) is 10.7. The average molecular weight is 1310 g/mol. The summed E-state index contributed by atoms with van der Waals surface area (Å²) in [6, 6.07) is 0. The largest absolute Gasteiger partial charge is 0.382 e. The van der Waals surface area contributed by atoms with E-state index in [2.05, 4.69) is 143 Å². The molecule has 0 aliphatic heterocycles. The second-order valence-corrected chi connectivity index (χ2v) is 30.8. The predicted octanol–water partition coefficient (Wildman–Crippen LogP) is 20.7.